The van der Waals surface area contributed by atoms with Crippen molar-refractivity contribution in [3.63, 3.8) is 0 Å². The number of hydrogen-bond donors (Lipinski definition) is 0. The van der Waals surface area contributed by atoms with E-state index in [2.05, 4.69) is 20.7 Å². The van der Waals surface area contributed by atoms with Crippen LogP contribution in [0.3, 0.4) is 0 Å². The Balaban J connectivity index is 3.11. The molecule has 0 aliphatic carbocycles. The molecule has 0 aliphatic heterocycles. The first kappa shape index (κ1) is 12.0. The number of ether oxygens (including phenoxy) is 1. The average Bonchev–Trinajstić information content (AvgIpc) is 2.01. The second-order valence-electron chi connectivity index (χ2n) is 2.38. The van der Waals surface area contributed by atoms with Gasteiger partial charge in [0.05, 0.1) is 0 Å². The van der Waals surface area contributed by atoms with Gasteiger partial charge in [-0.15, -0.1) is 0 Å². The summed E-state index contributed by atoms with van der Waals surface area (Å²) in [6.45, 7) is -2.89. The third-order valence-corrected chi connectivity index (χ3v) is 2.59. The molecular weight excluding hydrogens is 301 g/mol. The molecule has 0 fully saturated rings. The number of alkyl halides is 3. The van der Waals surface area contributed by atoms with Crippen molar-refractivity contribution >= 4 is 39.1 Å². The molecule has 6 heteroatoms. The van der Waals surface area contributed by atoms with E-state index in [1.807, 2.05) is 0 Å². The molecule has 14 heavy (non-hydrogen) atoms. The van der Waals surface area contributed by atoms with Gasteiger partial charge in [-0.05, 0) is 12.1 Å². The molecule has 0 radical (unpaired) electrons. The molecule has 1 aromatic rings. The van der Waals surface area contributed by atoms with Crippen molar-refractivity contribution in [2.24, 2.45) is 0 Å². The lowest BCUT2D eigenvalue weighted by Crippen LogP contribution is -2.04. The highest BCUT2D eigenvalue weighted by molar-refractivity contribution is 9.08. The topological polar surface area (TPSA) is 9.23 Å². The zero-order chi connectivity index (χ0) is 10.7. The minimum absolute atomic E-state index is 0.00521. The first-order chi connectivity index (χ1) is 6.54. The van der Waals surface area contributed by atoms with Gasteiger partial charge >= 0.3 is 6.61 Å². The van der Waals surface area contributed by atoms with E-state index in [-0.39, 0.29) is 10.8 Å². The van der Waals surface area contributed by atoms with E-state index in [0.717, 1.165) is 0 Å². The Kier molecular flexibility index (Phi) is 4.41. The molecule has 0 saturated heterocycles. The van der Waals surface area contributed by atoms with Crippen LogP contribution in [0.15, 0.2) is 12.1 Å². The lowest BCUT2D eigenvalue weighted by molar-refractivity contribution is -0.0502. The third-order valence-electron chi connectivity index (χ3n) is 1.47. The van der Waals surface area contributed by atoms with Gasteiger partial charge in [0.2, 0.25) is 0 Å². The van der Waals surface area contributed by atoms with Crippen LogP contribution in [0, 0.1) is 0 Å². The van der Waals surface area contributed by atoms with E-state index in [1.165, 1.54) is 12.1 Å². The van der Waals surface area contributed by atoms with E-state index in [0.29, 0.717) is 15.9 Å². The highest BCUT2D eigenvalue weighted by Crippen LogP contribution is 2.33. The zero-order valence-corrected chi connectivity index (χ0v) is 9.84. The summed E-state index contributed by atoms with van der Waals surface area (Å²) in [5.41, 5.74) is 0.455. The first-order valence-corrected chi connectivity index (χ1v) is 5.41. The molecule has 0 aromatic heterocycles. The Bertz CT molecular complexity index is 333. The molecule has 0 aliphatic rings. The van der Waals surface area contributed by atoms with E-state index in [9.17, 15) is 8.78 Å². The van der Waals surface area contributed by atoms with Gasteiger partial charge in [-0.3, -0.25) is 0 Å². The lowest BCUT2D eigenvalue weighted by Gasteiger charge is -2.10. The van der Waals surface area contributed by atoms with Crippen molar-refractivity contribution in [2.45, 2.75) is 11.9 Å². The summed E-state index contributed by atoms with van der Waals surface area (Å²) in [7, 11) is 0. The monoisotopic (exact) mass is 304 g/mol. The number of benzene rings is 1. The van der Waals surface area contributed by atoms with Crippen LogP contribution < -0.4 is 4.74 Å². The summed E-state index contributed by atoms with van der Waals surface area (Å²) >= 11 is 14.5. The predicted octanol–water partition coefficient (Wildman–Crippen LogP) is 4.49. The molecule has 0 N–H and O–H groups in total. The van der Waals surface area contributed by atoms with Crippen molar-refractivity contribution in [3.8, 4) is 5.75 Å². The van der Waals surface area contributed by atoms with Crippen molar-refractivity contribution in [3.05, 3.63) is 27.7 Å². The second-order valence-corrected chi connectivity index (χ2v) is 3.78. The van der Waals surface area contributed by atoms with Crippen LogP contribution in [-0.2, 0) is 5.33 Å². The predicted molar refractivity (Wildman–Crippen MR) is 55.7 cm³/mol. The number of rotatable bonds is 3. The molecule has 78 valence electrons. The molecule has 0 heterocycles. The van der Waals surface area contributed by atoms with E-state index < -0.39 is 6.61 Å². The fourth-order valence-electron chi connectivity index (χ4n) is 0.911. The van der Waals surface area contributed by atoms with Crippen molar-refractivity contribution < 1.29 is 13.5 Å². The van der Waals surface area contributed by atoms with Gasteiger partial charge < -0.3 is 4.74 Å². The largest absolute Gasteiger partial charge is 0.434 e. The van der Waals surface area contributed by atoms with Crippen LogP contribution in [0.4, 0.5) is 8.78 Å². The zero-order valence-electron chi connectivity index (χ0n) is 6.74. The van der Waals surface area contributed by atoms with Crippen molar-refractivity contribution in [1.82, 2.24) is 0 Å². The van der Waals surface area contributed by atoms with Gasteiger partial charge in [-0.1, -0.05) is 39.1 Å². The van der Waals surface area contributed by atoms with Crippen LogP contribution in [-0.4, -0.2) is 6.61 Å². The Morgan fingerprint density at radius 1 is 1.36 bits per heavy atom. The minimum Gasteiger partial charge on any atom is -0.434 e. The van der Waals surface area contributed by atoms with Gasteiger partial charge in [0.1, 0.15) is 5.75 Å². The molecule has 0 bridgehead atoms. The Hall–Kier alpha value is -0.0600. The fraction of sp³-hybridized carbons (Fsp3) is 0.250. The molecule has 0 spiro atoms. The molecule has 1 aromatic carbocycles. The van der Waals surface area contributed by atoms with Crippen molar-refractivity contribution in [2.75, 3.05) is 0 Å². The molecule has 0 unspecified atom stereocenters. The van der Waals surface area contributed by atoms with Crippen LogP contribution in [0.25, 0.3) is 0 Å². The molecular formula is C8H5BrCl2F2O. The van der Waals surface area contributed by atoms with Crippen LogP contribution in [0.2, 0.25) is 10.0 Å². The van der Waals surface area contributed by atoms with Gasteiger partial charge in [0.15, 0.2) is 0 Å². The maximum Gasteiger partial charge on any atom is 0.387 e. The molecule has 1 rings (SSSR count). The Morgan fingerprint density at radius 2 is 2.00 bits per heavy atom. The van der Waals surface area contributed by atoms with Crippen LogP contribution >= 0.6 is 39.1 Å². The number of hydrogen-bond acceptors (Lipinski definition) is 1. The quantitative estimate of drug-likeness (QED) is 0.748. The average molecular weight is 306 g/mol. The molecule has 0 atom stereocenters. The summed E-state index contributed by atoms with van der Waals surface area (Å²) in [6, 6.07) is 2.77. The van der Waals surface area contributed by atoms with Crippen LogP contribution in [0.1, 0.15) is 5.56 Å². The van der Waals surface area contributed by atoms with Crippen LogP contribution in [0.5, 0.6) is 5.75 Å². The highest BCUT2D eigenvalue weighted by Gasteiger charge is 2.13. The van der Waals surface area contributed by atoms with Gasteiger partial charge in [0, 0.05) is 20.9 Å². The van der Waals surface area contributed by atoms with E-state index in [4.69, 9.17) is 23.2 Å². The summed E-state index contributed by atoms with van der Waals surface area (Å²) in [5, 5.41) is 0.880. The second kappa shape index (κ2) is 5.14. The normalized spacial score (nSPS) is 10.7. The maximum absolute atomic E-state index is 12.0. The number of halogens is 5. The summed E-state index contributed by atoms with van der Waals surface area (Å²) in [4.78, 5) is 0. The lowest BCUT2D eigenvalue weighted by atomic mass is 10.2. The summed E-state index contributed by atoms with van der Waals surface area (Å²) < 4.78 is 28.2. The molecule has 0 saturated carbocycles. The fourth-order valence-corrected chi connectivity index (χ4v) is 2.19. The summed E-state index contributed by atoms with van der Waals surface area (Å²) in [6.07, 6.45) is 0. The Labute approximate surface area is 98.1 Å². The Morgan fingerprint density at radius 3 is 2.50 bits per heavy atom. The smallest absolute Gasteiger partial charge is 0.387 e. The summed E-state index contributed by atoms with van der Waals surface area (Å²) in [5.74, 6) is -0.00521. The third kappa shape index (κ3) is 2.97. The standard InChI is InChI=1S/C8H5BrCl2F2O/c9-3-5-6(11)1-4(10)2-7(5)14-8(12)13/h1-2,8H,3H2. The first-order valence-electron chi connectivity index (χ1n) is 3.53. The van der Waals surface area contributed by atoms with Gasteiger partial charge in [-0.2, -0.15) is 8.78 Å². The van der Waals surface area contributed by atoms with E-state index >= 15 is 0 Å². The van der Waals surface area contributed by atoms with E-state index in [1.54, 1.807) is 0 Å². The SMILES string of the molecule is FC(F)Oc1cc(Cl)cc(Cl)c1CBr. The van der Waals surface area contributed by atoms with Crippen molar-refractivity contribution in [1.29, 1.82) is 0 Å². The van der Waals surface area contributed by atoms with Gasteiger partial charge in [0.25, 0.3) is 0 Å². The minimum atomic E-state index is -2.89. The maximum atomic E-state index is 12.0. The van der Waals surface area contributed by atoms with Gasteiger partial charge in [-0.25, -0.2) is 0 Å². The molecule has 0 amide bonds. The molecule has 1 nitrogen and oxygen atoms in total. The highest BCUT2D eigenvalue weighted by atomic mass is 79.9.